The smallest absolute Gasteiger partial charge is 0.324 e. The molecule has 7 heteroatoms. The number of hydrogen-bond donors (Lipinski definition) is 2. The molecule has 0 fully saturated rings. The summed E-state index contributed by atoms with van der Waals surface area (Å²) in [6, 6.07) is 20.9. The van der Waals surface area contributed by atoms with Crippen molar-refractivity contribution in [1.82, 2.24) is 14.5 Å². The van der Waals surface area contributed by atoms with E-state index in [1.54, 1.807) is 24.5 Å². The van der Waals surface area contributed by atoms with Gasteiger partial charge in [-0.05, 0) is 49.2 Å². The third-order valence-electron chi connectivity index (χ3n) is 5.16. The fourth-order valence-corrected chi connectivity index (χ4v) is 3.36. The van der Waals surface area contributed by atoms with Crippen LogP contribution in [0, 0.1) is 6.92 Å². The molecule has 1 atom stereocenters. The predicted molar refractivity (Wildman–Crippen MR) is 125 cm³/mol. The fraction of sp³-hybridized carbons (Fsp3) is 0.160. The standard InChI is InChI=1S/C25H25N5O2/c1-18(30-15-14-26-19(30)2)21-8-10-22(11-9-21)28-25(31)29-24-13-12-23(16-27-24)32-17-20-6-4-3-5-7-20/h3-16,18H,17H2,1-2H3,(H2,27,28,29,31). The lowest BCUT2D eigenvalue weighted by Crippen LogP contribution is -2.20. The Kier molecular flexibility index (Phi) is 6.46. The van der Waals surface area contributed by atoms with Crippen molar-refractivity contribution in [2.75, 3.05) is 10.6 Å². The Hall–Kier alpha value is -4.13. The normalized spacial score (nSPS) is 11.6. The maximum absolute atomic E-state index is 12.3. The summed E-state index contributed by atoms with van der Waals surface area (Å²) < 4.78 is 7.82. The minimum atomic E-state index is -0.360. The first-order valence-electron chi connectivity index (χ1n) is 10.4. The van der Waals surface area contributed by atoms with Crippen molar-refractivity contribution >= 4 is 17.5 Å². The average Bonchev–Trinajstić information content (AvgIpc) is 3.25. The van der Waals surface area contributed by atoms with Crippen LogP contribution >= 0.6 is 0 Å². The molecule has 0 bridgehead atoms. The van der Waals surface area contributed by atoms with Gasteiger partial charge in [0.2, 0.25) is 0 Å². The van der Waals surface area contributed by atoms with E-state index < -0.39 is 0 Å². The van der Waals surface area contributed by atoms with E-state index in [1.807, 2.05) is 67.7 Å². The van der Waals surface area contributed by atoms with Crippen molar-refractivity contribution in [2.24, 2.45) is 0 Å². The van der Waals surface area contributed by atoms with Gasteiger partial charge >= 0.3 is 6.03 Å². The van der Waals surface area contributed by atoms with Gasteiger partial charge in [-0.2, -0.15) is 0 Å². The number of carbonyl (C=O) groups is 1. The minimum Gasteiger partial charge on any atom is -0.487 e. The maximum atomic E-state index is 12.3. The number of carbonyl (C=O) groups excluding carboxylic acids is 1. The lowest BCUT2D eigenvalue weighted by atomic mass is 10.1. The molecule has 162 valence electrons. The molecular formula is C25H25N5O2. The first-order chi connectivity index (χ1) is 15.6. The minimum absolute atomic E-state index is 0.159. The molecule has 1 unspecified atom stereocenters. The van der Waals surface area contributed by atoms with E-state index in [9.17, 15) is 4.79 Å². The van der Waals surface area contributed by atoms with E-state index in [4.69, 9.17) is 4.74 Å². The van der Waals surface area contributed by atoms with Crippen molar-refractivity contribution in [3.8, 4) is 5.75 Å². The third kappa shape index (κ3) is 5.31. The van der Waals surface area contributed by atoms with Crippen molar-refractivity contribution < 1.29 is 9.53 Å². The Morgan fingerprint density at radius 1 is 1.00 bits per heavy atom. The molecule has 2 aromatic carbocycles. The number of rotatable bonds is 7. The number of nitrogens with zero attached hydrogens (tertiary/aromatic N) is 3. The van der Waals surface area contributed by atoms with Gasteiger partial charge in [0.05, 0.1) is 12.2 Å². The Bertz CT molecular complexity index is 1160. The highest BCUT2D eigenvalue weighted by Gasteiger charge is 2.10. The molecule has 0 saturated carbocycles. The summed E-state index contributed by atoms with van der Waals surface area (Å²) >= 11 is 0. The number of imidazole rings is 1. The molecule has 0 aliphatic rings. The lowest BCUT2D eigenvalue weighted by Gasteiger charge is -2.16. The van der Waals surface area contributed by atoms with E-state index in [0.29, 0.717) is 23.9 Å². The van der Waals surface area contributed by atoms with Gasteiger partial charge in [-0.3, -0.25) is 5.32 Å². The molecular weight excluding hydrogens is 402 g/mol. The zero-order chi connectivity index (χ0) is 22.3. The second-order valence-electron chi connectivity index (χ2n) is 7.41. The van der Waals surface area contributed by atoms with Crippen LogP contribution in [0.3, 0.4) is 0 Å². The number of anilines is 2. The van der Waals surface area contributed by atoms with Gasteiger partial charge in [0.1, 0.15) is 24.0 Å². The Balaban J connectivity index is 1.29. The monoisotopic (exact) mass is 427 g/mol. The SMILES string of the molecule is Cc1nccn1C(C)c1ccc(NC(=O)Nc2ccc(OCc3ccccc3)cn2)cc1. The van der Waals surface area contributed by atoms with Gasteiger partial charge in [-0.15, -0.1) is 0 Å². The van der Waals surface area contributed by atoms with Gasteiger partial charge < -0.3 is 14.6 Å². The topological polar surface area (TPSA) is 81.1 Å². The molecule has 0 saturated heterocycles. The quantitative estimate of drug-likeness (QED) is 0.413. The van der Waals surface area contributed by atoms with E-state index >= 15 is 0 Å². The number of urea groups is 1. The molecule has 0 aliphatic heterocycles. The van der Waals surface area contributed by atoms with Crippen molar-refractivity contribution in [3.05, 3.63) is 102 Å². The molecule has 2 N–H and O–H groups in total. The van der Waals surface area contributed by atoms with Crippen molar-refractivity contribution in [2.45, 2.75) is 26.5 Å². The molecule has 2 amide bonds. The lowest BCUT2D eigenvalue weighted by molar-refractivity contribution is 0.262. The Morgan fingerprint density at radius 2 is 1.78 bits per heavy atom. The zero-order valence-electron chi connectivity index (χ0n) is 18.0. The number of nitrogens with one attached hydrogen (secondary N) is 2. The number of pyridine rings is 1. The molecule has 2 aromatic heterocycles. The maximum Gasteiger partial charge on any atom is 0.324 e. The second kappa shape index (κ2) is 9.78. The van der Waals surface area contributed by atoms with Crippen LogP contribution in [-0.4, -0.2) is 20.6 Å². The number of aromatic nitrogens is 3. The van der Waals surface area contributed by atoms with Gasteiger partial charge in [-0.1, -0.05) is 42.5 Å². The van der Waals surface area contributed by atoms with Crippen LogP contribution in [0.15, 0.2) is 85.3 Å². The Morgan fingerprint density at radius 3 is 2.44 bits per heavy atom. The predicted octanol–water partition coefficient (Wildman–Crippen LogP) is 5.42. The van der Waals surface area contributed by atoms with E-state index in [-0.39, 0.29) is 12.1 Å². The molecule has 0 aliphatic carbocycles. The van der Waals surface area contributed by atoms with Gasteiger partial charge in [0, 0.05) is 18.1 Å². The van der Waals surface area contributed by atoms with Crippen LogP contribution in [0.1, 0.15) is 29.9 Å². The van der Waals surface area contributed by atoms with Crippen molar-refractivity contribution in [3.63, 3.8) is 0 Å². The van der Waals surface area contributed by atoms with Crippen LogP contribution in [0.2, 0.25) is 0 Å². The first kappa shape index (κ1) is 21.1. The molecule has 2 heterocycles. The van der Waals surface area contributed by atoms with Gasteiger partial charge in [0.15, 0.2) is 0 Å². The van der Waals surface area contributed by atoms with Crippen LogP contribution in [0.25, 0.3) is 0 Å². The number of aryl methyl sites for hydroxylation is 1. The summed E-state index contributed by atoms with van der Waals surface area (Å²) in [4.78, 5) is 20.8. The summed E-state index contributed by atoms with van der Waals surface area (Å²) in [7, 11) is 0. The zero-order valence-corrected chi connectivity index (χ0v) is 18.0. The highest BCUT2D eigenvalue weighted by Crippen LogP contribution is 2.21. The first-order valence-corrected chi connectivity index (χ1v) is 10.4. The van der Waals surface area contributed by atoms with Crippen LogP contribution in [-0.2, 0) is 6.61 Å². The van der Waals surface area contributed by atoms with E-state index in [2.05, 4.69) is 32.1 Å². The van der Waals surface area contributed by atoms with Crippen LogP contribution < -0.4 is 15.4 Å². The molecule has 32 heavy (non-hydrogen) atoms. The summed E-state index contributed by atoms with van der Waals surface area (Å²) in [5.74, 6) is 2.04. The van der Waals surface area contributed by atoms with E-state index in [0.717, 1.165) is 17.0 Å². The van der Waals surface area contributed by atoms with Crippen LogP contribution in [0.4, 0.5) is 16.3 Å². The van der Waals surface area contributed by atoms with E-state index in [1.165, 1.54) is 0 Å². The summed E-state index contributed by atoms with van der Waals surface area (Å²) in [5.41, 5.74) is 2.91. The fourth-order valence-electron chi connectivity index (χ4n) is 3.36. The summed E-state index contributed by atoms with van der Waals surface area (Å²) in [6.45, 7) is 4.56. The molecule has 0 spiro atoms. The second-order valence-corrected chi connectivity index (χ2v) is 7.41. The van der Waals surface area contributed by atoms with Crippen molar-refractivity contribution in [1.29, 1.82) is 0 Å². The highest BCUT2D eigenvalue weighted by molar-refractivity contribution is 5.99. The molecule has 0 radical (unpaired) electrons. The van der Waals surface area contributed by atoms with Crippen LogP contribution in [0.5, 0.6) is 5.75 Å². The average molecular weight is 428 g/mol. The number of ether oxygens (including phenoxy) is 1. The number of benzene rings is 2. The summed E-state index contributed by atoms with van der Waals surface area (Å²) in [6.07, 6.45) is 5.35. The largest absolute Gasteiger partial charge is 0.487 e. The summed E-state index contributed by atoms with van der Waals surface area (Å²) in [5, 5.41) is 5.55. The third-order valence-corrected chi connectivity index (χ3v) is 5.16. The van der Waals surface area contributed by atoms with Gasteiger partial charge in [0.25, 0.3) is 0 Å². The highest BCUT2D eigenvalue weighted by atomic mass is 16.5. The molecule has 7 nitrogen and oxygen atoms in total. The molecule has 4 aromatic rings. The van der Waals surface area contributed by atoms with Gasteiger partial charge in [-0.25, -0.2) is 14.8 Å². The number of amides is 2. The molecule has 4 rings (SSSR count). The Labute approximate surface area is 187 Å². The number of hydrogen-bond acceptors (Lipinski definition) is 4.